The average Bonchev–Trinajstić information content (AvgIpc) is 3.18. The second-order valence-corrected chi connectivity index (χ2v) is 8.63. The normalized spacial score (nSPS) is 20.4. The maximum Gasteiger partial charge on any atom is 0.257 e. The molecule has 2 atom stereocenters. The molecule has 2 aromatic heterocycles. The molecule has 0 saturated carbocycles. The Hall–Kier alpha value is -2.96. The van der Waals surface area contributed by atoms with Gasteiger partial charge in [0.05, 0.1) is 34.4 Å². The van der Waals surface area contributed by atoms with Gasteiger partial charge in [-0.1, -0.05) is 6.07 Å². The van der Waals surface area contributed by atoms with Gasteiger partial charge in [-0.05, 0) is 63.3 Å². The third-order valence-electron chi connectivity index (χ3n) is 6.51. The minimum atomic E-state index is -0.448. The highest BCUT2D eigenvalue weighted by Gasteiger charge is 2.44. The Kier molecular flexibility index (Phi) is 4.31. The Labute approximate surface area is 175 Å². The summed E-state index contributed by atoms with van der Waals surface area (Å²) in [6, 6.07) is 6.86. The van der Waals surface area contributed by atoms with Crippen molar-refractivity contribution in [3.8, 4) is 11.4 Å². The molecule has 0 N–H and O–H groups in total. The average molecular weight is 407 g/mol. The number of nitrogens with zero attached hydrogens (tertiary/aromatic N) is 5. The molecule has 1 amide bonds. The van der Waals surface area contributed by atoms with Gasteiger partial charge in [-0.25, -0.2) is 4.39 Å². The summed E-state index contributed by atoms with van der Waals surface area (Å²) in [6.07, 6.45) is 3.56. The van der Waals surface area contributed by atoms with E-state index in [-0.39, 0.29) is 23.6 Å². The van der Waals surface area contributed by atoms with Gasteiger partial charge >= 0.3 is 0 Å². The van der Waals surface area contributed by atoms with Crippen molar-refractivity contribution in [1.29, 1.82) is 0 Å². The number of rotatable bonds is 2. The molecule has 0 unspecified atom stereocenters. The fourth-order valence-electron chi connectivity index (χ4n) is 5.23. The molecule has 2 aliphatic heterocycles. The molecule has 2 bridgehead atoms. The molecule has 0 aliphatic carbocycles. The van der Waals surface area contributed by atoms with Crippen LogP contribution in [0.2, 0.25) is 0 Å². The smallest absolute Gasteiger partial charge is 0.257 e. The first-order chi connectivity index (χ1) is 14.3. The summed E-state index contributed by atoms with van der Waals surface area (Å²) in [7, 11) is 3.90. The Balaban J connectivity index is 1.60. The Morgan fingerprint density at radius 3 is 2.60 bits per heavy atom. The standard InChI is InChI=1S/C23H26FN5O/c1-13-8-9-16(18(24)10-13)23(30)29-15-6-5-7-19(29)21-17(12-15)22(28(4)26-21)20-11-14(2)25-27(20)3/h8-11,15,19H,5-7,12H2,1-4H3/t15-,19+/m1/s1. The van der Waals surface area contributed by atoms with Crippen molar-refractivity contribution in [3.63, 3.8) is 0 Å². The molecule has 6 nitrogen and oxygen atoms in total. The van der Waals surface area contributed by atoms with E-state index in [9.17, 15) is 9.18 Å². The topological polar surface area (TPSA) is 56.0 Å². The van der Waals surface area contributed by atoms with Crippen LogP contribution < -0.4 is 0 Å². The van der Waals surface area contributed by atoms with Crippen LogP contribution in [0.15, 0.2) is 24.3 Å². The van der Waals surface area contributed by atoms with E-state index in [0.717, 1.165) is 54.0 Å². The van der Waals surface area contributed by atoms with Crippen LogP contribution in [-0.4, -0.2) is 36.4 Å². The predicted octanol–water partition coefficient (Wildman–Crippen LogP) is 3.87. The number of amides is 1. The molecular formula is C23H26FN5O. The number of aryl methyl sites for hydroxylation is 4. The molecule has 0 spiro atoms. The van der Waals surface area contributed by atoms with Crippen LogP contribution in [0, 0.1) is 19.7 Å². The molecule has 156 valence electrons. The van der Waals surface area contributed by atoms with Crippen LogP contribution in [0.3, 0.4) is 0 Å². The van der Waals surface area contributed by atoms with Crippen LogP contribution in [0.5, 0.6) is 0 Å². The lowest BCUT2D eigenvalue weighted by molar-refractivity contribution is 0.0387. The van der Waals surface area contributed by atoms with Gasteiger partial charge < -0.3 is 4.90 Å². The van der Waals surface area contributed by atoms with E-state index in [4.69, 9.17) is 5.10 Å². The number of fused-ring (bicyclic) bond motifs is 4. The number of halogens is 1. The highest BCUT2D eigenvalue weighted by atomic mass is 19.1. The lowest BCUT2D eigenvalue weighted by atomic mass is 9.81. The number of hydrogen-bond acceptors (Lipinski definition) is 3. The third kappa shape index (κ3) is 2.79. The van der Waals surface area contributed by atoms with Crippen LogP contribution in [-0.2, 0) is 20.5 Å². The second-order valence-electron chi connectivity index (χ2n) is 8.63. The van der Waals surface area contributed by atoms with Gasteiger partial charge in [-0.3, -0.25) is 14.2 Å². The maximum absolute atomic E-state index is 14.6. The molecule has 2 aliphatic rings. The van der Waals surface area contributed by atoms with Crippen molar-refractivity contribution in [2.45, 2.75) is 51.6 Å². The van der Waals surface area contributed by atoms with Crippen LogP contribution >= 0.6 is 0 Å². The van der Waals surface area contributed by atoms with E-state index in [1.165, 1.54) is 11.6 Å². The van der Waals surface area contributed by atoms with Crippen LogP contribution in [0.1, 0.15) is 58.2 Å². The maximum atomic E-state index is 14.6. The predicted molar refractivity (Wildman–Crippen MR) is 112 cm³/mol. The first-order valence-electron chi connectivity index (χ1n) is 10.5. The molecule has 1 saturated heterocycles. The molecule has 0 radical (unpaired) electrons. The van der Waals surface area contributed by atoms with Crippen molar-refractivity contribution in [2.24, 2.45) is 14.1 Å². The van der Waals surface area contributed by atoms with Gasteiger partial charge in [-0.2, -0.15) is 10.2 Å². The zero-order valence-electron chi connectivity index (χ0n) is 17.8. The van der Waals surface area contributed by atoms with Crippen molar-refractivity contribution < 1.29 is 9.18 Å². The zero-order chi connectivity index (χ0) is 21.2. The first kappa shape index (κ1) is 19.0. The molecule has 7 heteroatoms. The Bertz CT molecular complexity index is 1160. The fraction of sp³-hybridized carbons (Fsp3) is 0.435. The molecule has 4 heterocycles. The van der Waals surface area contributed by atoms with E-state index >= 15 is 0 Å². The number of aromatic nitrogens is 4. The number of benzene rings is 1. The summed E-state index contributed by atoms with van der Waals surface area (Å²) in [6.45, 7) is 3.81. The molecular weight excluding hydrogens is 381 g/mol. The Morgan fingerprint density at radius 1 is 1.10 bits per heavy atom. The third-order valence-corrected chi connectivity index (χ3v) is 6.51. The number of hydrogen-bond donors (Lipinski definition) is 0. The van der Waals surface area contributed by atoms with Gasteiger partial charge in [0.1, 0.15) is 5.82 Å². The lowest BCUT2D eigenvalue weighted by Crippen LogP contribution is -2.50. The minimum Gasteiger partial charge on any atom is -0.327 e. The number of carbonyl (C=O) groups is 1. The van der Waals surface area contributed by atoms with Gasteiger partial charge in [0, 0.05) is 25.7 Å². The summed E-state index contributed by atoms with van der Waals surface area (Å²) in [4.78, 5) is 15.3. The summed E-state index contributed by atoms with van der Waals surface area (Å²) >= 11 is 0. The van der Waals surface area contributed by atoms with Gasteiger partial charge in [-0.15, -0.1) is 0 Å². The fourth-order valence-corrected chi connectivity index (χ4v) is 5.23. The van der Waals surface area contributed by atoms with Gasteiger partial charge in [0.25, 0.3) is 5.91 Å². The summed E-state index contributed by atoms with van der Waals surface area (Å²) in [5, 5.41) is 9.35. The number of carbonyl (C=O) groups excluding carboxylic acids is 1. The molecule has 1 aromatic carbocycles. The van der Waals surface area contributed by atoms with E-state index in [0.29, 0.717) is 0 Å². The van der Waals surface area contributed by atoms with Crippen molar-refractivity contribution in [2.75, 3.05) is 0 Å². The molecule has 3 aromatic rings. The van der Waals surface area contributed by atoms with Crippen molar-refractivity contribution >= 4 is 5.91 Å². The quantitative estimate of drug-likeness (QED) is 0.648. The highest BCUT2D eigenvalue weighted by molar-refractivity contribution is 5.95. The van der Waals surface area contributed by atoms with Crippen molar-refractivity contribution in [1.82, 2.24) is 24.5 Å². The highest BCUT2D eigenvalue weighted by Crippen LogP contribution is 2.45. The minimum absolute atomic E-state index is 0.0572. The summed E-state index contributed by atoms with van der Waals surface area (Å²) < 4.78 is 18.4. The molecule has 5 rings (SSSR count). The van der Waals surface area contributed by atoms with Crippen LogP contribution in [0.25, 0.3) is 11.4 Å². The monoisotopic (exact) mass is 407 g/mol. The number of piperidine rings is 1. The SMILES string of the molecule is Cc1ccc(C(=O)N2[C@@H]3CCC[C@H]2c2nn(C)c(-c4cc(C)nn4C)c2C3)c(F)c1. The van der Waals surface area contributed by atoms with Crippen molar-refractivity contribution in [3.05, 3.63) is 58.2 Å². The van der Waals surface area contributed by atoms with E-state index in [2.05, 4.69) is 11.2 Å². The van der Waals surface area contributed by atoms with E-state index in [1.54, 1.807) is 12.1 Å². The van der Waals surface area contributed by atoms with E-state index < -0.39 is 5.82 Å². The molecule has 30 heavy (non-hydrogen) atoms. The zero-order valence-corrected chi connectivity index (χ0v) is 17.8. The second kappa shape index (κ2) is 6.79. The lowest BCUT2D eigenvalue weighted by Gasteiger charge is -2.45. The Morgan fingerprint density at radius 2 is 1.90 bits per heavy atom. The van der Waals surface area contributed by atoms with Crippen LogP contribution in [0.4, 0.5) is 4.39 Å². The molecule has 1 fully saturated rings. The largest absolute Gasteiger partial charge is 0.327 e. The summed E-state index contributed by atoms with van der Waals surface area (Å²) in [5.41, 5.74) is 6.17. The van der Waals surface area contributed by atoms with E-state index in [1.807, 2.05) is 42.2 Å². The van der Waals surface area contributed by atoms with Gasteiger partial charge in [0.2, 0.25) is 0 Å². The summed E-state index contributed by atoms with van der Waals surface area (Å²) in [5.74, 6) is -0.674. The van der Waals surface area contributed by atoms with Gasteiger partial charge in [0.15, 0.2) is 0 Å². The first-order valence-corrected chi connectivity index (χ1v) is 10.5.